The number of hydrogen-bond donors (Lipinski definition) is 1. The number of carbonyl (C=O) groups excluding carboxylic acids is 1. The highest BCUT2D eigenvalue weighted by atomic mass is 16.1. The van der Waals surface area contributed by atoms with E-state index >= 15 is 0 Å². The number of benzene rings is 1. The van der Waals surface area contributed by atoms with Crippen LogP contribution in [0.25, 0.3) is 0 Å². The molecular weight excluding hydrogens is 186 g/mol. The summed E-state index contributed by atoms with van der Waals surface area (Å²) in [7, 11) is 0. The number of carbonyl (C=O) groups is 1. The molecule has 0 aliphatic heterocycles. The van der Waals surface area contributed by atoms with Gasteiger partial charge in [-0.2, -0.15) is 0 Å². The van der Waals surface area contributed by atoms with Gasteiger partial charge in [0, 0.05) is 12.1 Å². The summed E-state index contributed by atoms with van der Waals surface area (Å²) in [4.78, 5) is 11.2. The van der Waals surface area contributed by atoms with E-state index in [0.717, 1.165) is 5.69 Å². The van der Waals surface area contributed by atoms with Crippen molar-refractivity contribution in [2.75, 3.05) is 5.32 Å². The Bertz CT molecular complexity index is 350. The lowest BCUT2D eigenvalue weighted by atomic mass is 9.87. The monoisotopic (exact) mass is 205 g/mol. The van der Waals surface area contributed by atoms with Crippen LogP contribution in [0.2, 0.25) is 0 Å². The Balaban J connectivity index is 2.88. The molecule has 1 amide bonds. The van der Waals surface area contributed by atoms with Gasteiger partial charge in [-0.05, 0) is 23.1 Å². The van der Waals surface area contributed by atoms with Crippen LogP contribution in [-0.4, -0.2) is 5.91 Å². The van der Waals surface area contributed by atoms with Crippen molar-refractivity contribution >= 4 is 11.6 Å². The molecule has 0 aliphatic carbocycles. The molecular formula is C13H19NO. The lowest BCUT2D eigenvalue weighted by Crippen LogP contribution is -2.13. The van der Waals surface area contributed by atoms with Crippen molar-refractivity contribution < 1.29 is 4.79 Å². The maximum Gasteiger partial charge on any atom is 0.224 e. The zero-order chi connectivity index (χ0) is 11.5. The van der Waals surface area contributed by atoms with Gasteiger partial charge in [-0.15, -0.1) is 0 Å². The fourth-order valence-corrected chi connectivity index (χ4v) is 1.31. The van der Waals surface area contributed by atoms with Crippen LogP contribution in [0.1, 0.15) is 39.7 Å². The van der Waals surface area contributed by atoms with E-state index in [1.165, 1.54) is 5.56 Å². The number of amides is 1. The van der Waals surface area contributed by atoms with Gasteiger partial charge in [-0.3, -0.25) is 4.79 Å². The molecule has 0 saturated carbocycles. The van der Waals surface area contributed by atoms with Gasteiger partial charge >= 0.3 is 0 Å². The van der Waals surface area contributed by atoms with Crippen molar-refractivity contribution in [3.63, 3.8) is 0 Å². The Morgan fingerprint density at radius 2 is 2.00 bits per heavy atom. The standard InChI is InChI=1S/C13H19NO/c1-5-12(15)14-11-8-6-7-10(9-11)13(2,3)4/h6-9H,5H2,1-4H3,(H,14,15). The lowest BCUT2D eigenvalue weighted by molar-refractivity contribution is -0.115. The first-order chi connectivity index (χ1) is 6.93. The first kappa shape index (κ1) is 11.8. The summed E-state index contributed by atoms with van der Waals surface area (Å²) >= 11 is 0. The van der Waals surface area contributed by atoms with E-state index in [-0.39, 0.29) is 11.3 Å². The summed E-state index contributed by atoms with van der Waals surface area (Å²) in [6.07, 6.45) is 0.514. The third kappa shape index (κ3) is 3.39. The second-order valence-electron chi connectivity index (χ2n) is 4.73. The molecule has 0 saturated heterocycles. The molecule has 0 heterocycles. The van der Waals surface area contributed by atoms with Crippen LogP contribution < -0.4 is 5.32 Å². The van der Waals surface area contributed by atoms with Crippen molar-refractivity contribution in [1.29, 1.82) is 0 Å². The fourth-order valence-electron chi connectivity index (χ4n) is 1.31. The van der Waals surface area contributed by atoms with Crippen LogP contribution in [0, 0.1) is 0 Å². The van der Waals surface area contributed by atoms with Gasteiger partial charge in [0.15, 0.2) is 0 Å². The highest BCUT2D eigenvalue weighted by Gasteiger charge is 2.13. The van der Waals surface area contributed by atoms with E-state index in [2.05, 4.69) is 32.2 Å². The average molecular weight is 205 g/mol. The molecule has 2 heteroatoms. The second kappa shape index (κ2) is 4.47. The summed E-state index contributed by atoms with van der Waals surface area (Å²) in [5.41, 5.74) is 2.23. The minimum atomic E-state index is 0.0565. The van der Waals surface area contributed by atoms with E-state index in [9.17, 15) is 4.79 Å². The van der Waals surface area contributed by atoms with Gasteiger partial charge in [0.05, 0.1) is 0 Å². The zero-order valence-corrected chi connectivity index (χ0v) is 9.92. The van der Waals surface area contributed by atoms with Crippen molar-refractivity contribution in [1.82, 2.24) is 0 Å². The maximum atomic E-state index is 11.2. The molecule has 1 N–H and O–H groups in total. The third-order valence-electron chi connectivity index (χ3n) is 2.33. The van der Waals surface area contributed by atoms with Crippen molar-refractivity contribution in [3.8, 4) is 0 Å². The highest BCUT2D eigenvalue weighted by molar-refractivity contribution is 5.90. The Kier molecular flexibility index (Phi) is 3.51. The zero-order valence-electron chi connectivity index (χ0n) is 9.92. The van der Waals surface area contributed by atoms with Crippen LogP contribution in [-0.2, 0) is 10.2 Å². The van der Waals surface area contributed by atoms with Crippen molar-refractivity contribution in [2.24, 2.45) is 0 Å². The Morgan fingerprint density at radius 1 is 1.33 bits per heavy atom. The molecule has 0 fully saturated rings. The maximum absolute atomic E-state index is 11.2. The van der Waals surface area contributed by atoms with Gasteiger partial charge in [-0.1, -0.05) is 39.8 Å². The van der Waals surface area contributed by atoms with Crippen LogP contribution in [0.15, 0.2) is 24.3 Å². The molecule has 2 nitrogen and oxygen atoms in total. The number of rotatable bonds is 2. The molecule has 0 bridgehead atoms. The third-order valence-corrected chi connectivity index (χ3v) is 2.33. The molecule has 0 spiro atoms. The minimum Gasteiger partial charge on any atom is -0.326 e. The predicted molar refractivity (Wildman–Crippen MR) is 64.1 cm³/mol. The molecule has 1 aromatic rings. The number of nitrogens with one attached hydrogen (secondary N) is 1. The molecule has 0 unspecified atom stereocenters. The lowest BCUT2D eigenvalue weighted by Gasteiger charge is -2.19. The van der Waals surface area contributed by atoms with E-state index in [0.29, 0.717) is 6.42 Å². The summed E-state index contributed by atoms with van der Waals surface area (Å²) in [5, 5.41) is 2.87. The quantitative estimate of drug-likeness (QED) is 0.788. The van der Waals surface area contributed by atoms with E-state index in [1.54, 1.807) is 0 Å². The van der Waals surface area contributed by atoms with E-state index in [1.807, 2.05) is 25.1 Å². The van der Waals surface area contributed by atoms with E-state index in [4.69, 9.17) is 0 Å². The van der Waals surface area contributed by atoms with Gasteiger partial charge in [0.2, 0.25) is 5.91 Å². The SMILES string of the molecule is CCC(=O)Nc1cccc(C(C)(C)C)c1. The fraction of sp³-hybridized carbons (Fsp3) is 0.462. The smallest absolute Gasteiger partial charge is 0.224 e. The molecule has 1 rings (SSSR count). The van der Waals surface area contributed by atoms with Crippen LogP contribution in [0.5, 0.6) is 0 Å². The molecule has 1 aromatic carbocycles. The highest BCUT2D eigenvalue weighted by Crippen LogP contribution is 2.24. The minimum absolute atomic E-state index is 0.0565. The normalized spacial score (nSPS) is 11.2. The van der Waals surface area contributed by atoms with Crippen LogP contribution >= 0.6 is 0 Å². The topological polar surface area (TPSA) is 29.1 Å². The second-order valence-corrected chi connectivity index (χ2v) is 4.73. The summed E-state index contributed by atoms with van der Waals surface area (Å²) in [6.45, 7) is 8.33. The van der Waals surface area contributed by atoms with Crippen LogP contribution in [0.3, 0.4) is 0 Å². The van der Waals surface area contributed by atoms with Gasteiger partial charge in [0.1, 0.15) is 0 Å². The van der Waals surface area contributed by atoms with E-state index < -0.39 is 0 Å². The average Bonchev–Trinajstić information content (AvgIpc) is 2.17. The summed E-state index contributed by atoms with van der Waals surface area (Å²) < 4.78 is 0. The van der Waals surface area contributed by atoms with Gasteiger partial charge in [-0.25, -0.2) is 0 Å². The Hall–Kier alpha value is -1.31. The largest absolute Gasteiger partial charge is 0.326 e. The summed E-state index contributed by atoms with van der Waals surface area (Å²) in [5.74, 6) is 0.0565. The molecule has 15 heavy (non-hydrogen) atoms. The number of anilines is 1. The first-order valence-corrected chi connectivity index (χ1v) is 5.34. The van der Waals surface area contributed by atoms with Crippen LogP contribution in [0.4, 0.5) is 5.69 Å². The summed E-state index contributed by atoms with van der Waals surface area (Å²) in [6, 6.07) is 8.02. The van der Waals surface area contributed by atoms with Gasteiger partial charge < -0.3 is 5.32 Å². The first-order valence-electron chi connectivity index (χ1n) is 5.34. The predicted octanol–water partition coefficient (Wildman–Crippen LogP) is 3.33. The molecule has 0 radical (unpaired) electrons. The van der Waals surface area contributed by atoms with Gasteiger partial charge in [0.25, 0.3) is 0 Å². The Morgan fingerprint density at radius 3 is 2.53 bits per heavy atom. The molecule has 0 aliphatic rings. The molecule has 82 valence electrons. The molecule has 0 atom stereocenters. The van der Waals surface area contributed by atoms with Crippen molar-refractivity contribution in [2.45, 2.75) is 39.5 Å². The van der Waals surface area contributed by atoms with Crippen molar-refractivity contribution in [3.05, 3.63) is 29.8 Å². The molecule has 0 aromatic heterocycles. The number of hydrogen-bond acceptors (Lipinski definition) is 1. The Labute approximate surface area is 91.7 Å².